The van der Waals surface area contributed by atoms with Crippen LogP contribution >= 0.6 is 15.9 Å². The van der Waals surface area contributed by atoms with Crippen molar-refractivity contribution in [3.8, 4) is 0 Å². The maximum Gasteiger partial charge on any atom is 0.130 e. The summed E-state index contributed by atoms with van der Waals surface area (Å²) in [7, 11) is 0. The van der Waals surface area contributed by atoms with Crippen molar-refractivity contribution in [3.63, 3.8) is 0 Å². The molecule has 1 aromatic carbocycles. The van der Waals surface area contributed by atoms with E-state index in [4.69, 9.17) is 5.73 Å². The van der Waals surface area contributed by atoms with Gasteiger partial charge in [0.05, 0.1) is 6.10 Å². The lowest BCUT2D eigenvalue weighted by Crippen LogP contribution is -2.40. The van der Waals surface area contributed by atoms with Crippen LogP contribution in [0.1, 0.15) is 57.1 Å². The standard InChI is InChI=1S/C17H25BrFNO/c1-2-3-12-6-8-17(11-20,9-7-12)16(21)14-5-4-13(18)10-15(14)19/h4-5,10,12,16,21H,2-3,6-9,11,20H2,1H3. The van der Waals surface area contributed by atoms with Gasteiger partial charge in [0.15, 0.2) is 0 Å². The highest BCUT2D eigenvalue weighted by atomic mass is 79.9. The molecule has 1 unspecified atom stereocenters. The van der Waals surface area contributed by atoms with Gasteiger partial charge in [-0.15, -0.1) is 0 Å². The van der Waals surface area contributed by atoms with Gasteiger partial charge in [0.2, 0.25) is 0 Å². The minimum absolute atomic E-state index is 0.361. The van der Waals surface area contributed by atoms with Gasteiger partial charge in [-0.1, -0.05) is 41.8 Å². The first kappa shape index (κ1) is 16.9. The summed E-state index contributed by atoms with van der Waals surface area (Å²) >= 11 is 3.25. The van der Waals surface area contributed by atoms with E-state index in [1.807, 2.05) is 0 Å². The van der Waals surface area contributed by atoms with E-state index in [1.54, 1.807) is 12.1 Å². The van der Waals surface area contributed by atoms with Crippen LogP contribution < -0.4 is 5.73 Å². The molecule has 1 aliphatic carbocycles. The Balaban J connectivity index is 2.17. The molecule has 0 heterocycles. The fourth-order valence-electron chi connectivity index (χ4n) is 3.59. The zero-order valence-electron chi connectivity index (χ0n) is 12.6. The minimum Gasteiger partial charge on any atom is -0.388 e. The molecule has 2 nitrogen and oxygen atoms in total. The molecule has 0 amide bonds. The largest absolute Gasteiger partial charge is 0.388 e. The molecule has 3 N–H and O–H groups in total. The third kappa shape index (κ3) is 3.66. The van der Waals surface area contributed by atoms with Crippen LogP contribution in [0.4, 0.5) is 4.39 Å². The molecule has 4 heteroatoms. The minimum atomic E-state index is -0.821. The fraction of sp³-hybridized carbons (Fsp3) is 0.647. The number of hydrogen-bond acceptors (Lipinski definition) is 2. The predicted octanol–water partition coefficient (Wildman–Crippen LogP) is 4.56. The number of nitrogens with two attached hydrogens (primary N) is 1. The van der Waals surface area contributed by atoms with Crippen LogP contribution in [-0.2, 0) is 0 Å². The van der Waals surface area contributed by atoms with Crippen LogP contribution in [0.25, 0.3) is 0 Å². The Hall–Kier alpha value is -0.450. The molecular formula is C17H25BrFNO. The second-order valence-corrected chi connectivity index (χ2v) is 7.28. The van der Waals surface area contributed by atoms with Gasteiger partial charge in [-0.3, -0.25) is 0 Å². The Morgan fingerprint density at radius 2 is 2.10 bits per heavy atom. The van der Waals surface area contributed by atoms with E-state index >= 15 is 0 Å². The first-order valence-corrected chi connectivity index (χ1v) is 8.65. The molecule has 1 aliphatic rings. The molecule has 1 aromatic rings. The van der Waals surface area contributed by atoms with Gasteiger partial charge in [-0.25, -0.2) is 4.39 Å². The lowest BCUT2D eigenvalue weighted by molar-refractivity contribution is -0.0128. The lowest BCUT2D eigenvalue weighted by atomic mass is 9.65. The number of rotatable bonds is 5. The van der Waals surface area contributed by atoms with Gasteiger partial charge in [0.1, 0.15) is 5.82 Å². The average Bonchev–Trinajstić information content (AvgIpc) is 2.48. The van der Waals surface area contributed by atoms with E-state index in [0.29, 0.717) is 16.6 Å². The summed E-state index contributed by atoms with van der Waals surface area (Å²) in [6, 6.07) is 4.85. The Morgan fingerprint density at radius 3 is 2.62 bits per heavy atom. The summed E-state index contributed by atoms with van der Waals surface area (Å²) < 4.78 is 14.8. The molecule has 0 radical (unpaired) electrons. The normalized spacial score (nSPS) is 27.6. The number of hydrogen-bond donors (Lipinski definition) is 2. The summed E-state index contributed by atoms with van der Waals surface area (Å²) in [5.41, 5.74) is 5.98. The molecule has 2 rings (SSSR count). The smallest absolute Gasteiger partial charge is 0.130 e. The van der Waals surface area contributed by atoms with Crippen LogP contribution in [0.3, 0.4) is 0 Å². The highest BCUT2D eigenvalue weighted by molar-refractivity contribution is 9.10. The van der Waals surface area contributed by atoms with Crippen LogP contribution in [0.2, 0.25) is 0 Å². The van der Waals surface area contributed by atoms with Crippen molar-refractivity contribution in [1.29, 1.82) is 0 Å². The van der Waals surface area contributed by atoms with Crippen molar-refractivity contribution in [2.75, 3.05) is 6.54 Å². The number of aliphatic hydroxyl groups excluding tert-OH is 1. The topological polar surface area (TPSA) is 46.2 Å². The van der Waals surface area contributed by atoms with Crippen molar-refractivity contribution < 1.29 is 9.50 Å². The lowest BCUT2D eigenvalue weighted by Gasteiger charge is -2.43. The van der Waals surface area contributed by atoms with Crippen LogP contribution in [-0.4, -0.2) is 11.7 Å². The molecular weight excluding hydrogens is 333 g/mol. The van der Waals surface area contributed by atoms with Crippen molar-refractivity contribution in [1.82, 2.24) is 0 Å². The van der Waals surface area contributed by atoms with Gasteiger partial charge in [-0.2, -0.15) is 0 Å². The van der Waals surface area contributed by atoms with Gasteiger partial charge < -0.3 is 10.8 Å². The highest BCUT2D eigenvalue weighted by Gasteiger charge is 2.41. The highest BCUT2D eigenvalue weighted by Crippen LogP contribution is 2.48. The first-order valence-electron chi connectivity index (χ1n) is 7.85. The van der Waals surface area contributed by atoms with Gasteiger partial charge >= 0.3 is 0 Å². The van der Waals surface area contributed by atoms with Crippen molar-refractivity contribution in [2.24, 2.45) is 17.1 Å². The number of benzene rings is 1. The van der Waals surface area contributed by atoms with Crippen molar-refractivity contribution in [2.45, 2.75) is 51.6 Å². The first-order chi connectivity index (χ1) is 10.0. The van der Waals surface area contributed by atoms with Crippen molar-refractivity contribution >= 4 is 15.9 Å². The third-order valence-corrected chi connectivity index (χ3v) is 5.53. The van der Waals surface area contributed by atoms with E-state index in [0.717, 1.165) is 31.6 Å². The predicted molar refractivity (Wildman–Crippen MR) is 87.4 cm³/mol. The summed E-state index contributed by atoms with van der Waals surface area (Å²) in [6.45, 7) is 2.61. The molecule has 1 saturated carbocycles. The average molecular weight is 358 g/mol. The van der Waals surface area contributed by atoms with E-state index in [1.165, 1.54) is 18.9 Å². The zero-order valence-corrected chi connectivity index (χ0v) is 14.2. The van der Waals surface area contributed by atoms with Crippen LogP contribution in [0.15, 0.2) is 22.7 Å². The molecule has 1 atom stereocenters. The van der Waals surface area contributed by atoms with Crippen molar-refractivity contribution in [3.05, 3.63) is 34.1 Å². The van der Waals surface area contributed by atoms with Gasteiger partial charge in [-0.05, 0) is 43.7 Å². The van der Waals surface area contributed by atoms with E-state index in [9.17, 15) is 9.50 Å². The van der Waals surface area contributed by atoms with Crippen LogP contribution in [0.5, 0.6) is 0 Å². The monoisotopic (exact) mass is 357 g/mol. The molecule has 0 bridgehead atoms. The van der Waals surface area contributed by atoms with E-state index in [2.05, 4.69) is 22.9 Å². The number of halogens is 2. The summed E-state index contributed by atoms with van der Waals surface area (Å²) in [6.07, 6.45) is 5.54. The van der Waals surface area contributed by atoms with Crippen LogP contribution in [0, 0.1) is 17.2 Å². The fourth-order valence-corrected chi connectivity index (χ4v) is 3.92. The molecule has 1 fully saturated rings. The quantitative estimate of drug-likeness (QED) is 0.811. The second-order valence-electron chi connectivity index (χ2n) is 6.37. The molecule has 0 spiro atoms. The van der Waals surface area contributed by atoms with E-state index < -0.39 is 6.10 Å². The zero-order chi connectivity index (χ0) is 15.5. The second kappa shape index (κ2) is 7.21. The maximum atomic E-state index is 14.1. The SMILES string of the molecule is CCCC1CCC(CN)(C(O)c2ccc(Br)cc2F)CC1. The van der Waals surface area contributed by atoms with E-state index in [-0.39, 0.29) is 11.2 Å². The Kier molecular flexibility index (Phi) is 5.81. The number of aliphatic hydroxyl groups is 1. The summed E-state index contributed by atoms with van der Waals surface area (Å²) in [5.74, 6) is 0.372. The molecule has 0 aromatic heterocycles. The maximum absolute atomic E-state index is 14.1. The Labute approximate surface area is 135 Å². The van der Waals surface area contributed by atoms with Gasteiger partial charge in [0.25, 0.3) is 0 Å². The third-order valence-electron chi connectivity index (χ3n) is 5.04. The van der Waals surface area contributed by atoms with Gasteiger partial charge in [0, 0.05) is 22.0 Å². The summed E-state index contributed by atoms with van der Waals surface area (Å²) in [5, 5.41) is 10.7. The molecule has 118 valence electrons. The Bertz CT molecular complexity index is 472. The molecule has 0 aliphatic heterocycles. The molecule has 0 saturated heterocycles. The Morgan fingerprint density at radius 1 is 1.43 bits per heavy atom. The summed E-state index contributed by atoms with van der Waals surface area (Å²) in [4.78, 5) is 0. The molecule has 21 heavy (non-hydrogen) atoms.